The molecule has 0 amide bonds. The van der Waals surface area contributed by atoms with Crippen LogP contribution in [0.3, 0.4) is 0 Å². The highest BCUT2D eigenvalue weighted by Gasteiger charge is 2.47. The minimum atomic E-state index is -0.430. The number of Topliss-reactive ketones (excluding diaryl/α,β-unsaturated/α-hetero) is 1. The van der Waals surface area contributed by atoms with Crippen molar-refractivity contribution in [2.24, 2.45) is 0 Å². The topological polar surface area (TPSA) is 43.4 Å². The van der Waals surface area contributed by atoms with Gasteiger partial charge in [-0.3, -0.25) is 4.79 Å². The van der Waals surface area contributed by atoms with E-state index in [1.54, 1.807) is 0 Å². The van der Waals surface area contributed by atoms with Gasteiger partial charge < -0.3 is 8.83 Å². The third-order valence-corrected chi connectivity index (χ3v) is 11.1. The molecule has 0 radical (unpaired) electrons. The fourth-order valence-corrected chi connectivity index (χ4v) is 9.12. The molecule has 0 fully saturated rings. The molecule has 0 aliphatic heterocycles. The van der Waals surface area contributed by atoms with E-state index in [1.165, 1.54) is 11.1 Å². The van der Waals surface area contributed by atoms with Crippen molar-refractivity contribution in [3.05, 3.63) is 180 Å². The Bertz CT molecular complexity index is 2860. The largest absolute Gasteiger partial charge is 0.455 e. The Morgan fingerprint density at radius 3 is 1.39 bits per heavy atom. The van der Waals surface area contributed by atoms with Crippen LogP contribution in [0.15, 0.2) is 167 Å². The molecule has 2 bridgehead atoms. The summed E-state index contributed by atoms with van der Waals surface area (Å²) in [4.78, 5) is 14.5. The summed E-state index contributed by atoms with van der Waals surface area (Å²) in [5.41, 5.74) is 12.5. The number of benzene rings is 7. The standard InChI is InChI=1S/C48H30O3/c49-37-27-36-30-19-7-8-20-31(30)42(37)46-43(36)44(47-40(28-15-3-1-4-16-28)34-23-11-13-25-38(34)50-47)32-21-9-10-22-33(32)45(46)48-41(29-17-5-2-6-18-29)35-24-12-14-26-39(35)51-48/h1-26,36,42H,27H2. The van der Waals surface area contributed by atoms with Gasteiger partial charge >= 0.3 is 0 Å². The summed E-state index contributed by atoms with van der Waals surface area (Å²) in [6.07, 6.45) is 0.450. The number of para-hydroxylation sites is 2. The average Bonchev–Trinajstić information content (AvgIpc) is 3.76. The average molecular weight is 655 g/mol. The van der Waals surface area contributed by atoms with Gasteiger partial charge in [0.2, 0.25) is 0 Å². The molecule has 2 aromatic heterocycles. The summed E-state index contributed by atoms with van der Waals surface area (Å²) in [6.45, 7) is 0. The van der Waals surface area contributed by atoms with Gasteiger partial charge in [0.1, 0.15) is 28.5 Å². The zero-order valence-electron chi connectivity index (χ0n) is 27.6. The maximum absolute atomic E-state index is 14.5. The lowest BCUT2D eigenvalue weighted by Gasteiger charge is -2.42. The zero-order chi connectivity index (χ0) is 33.6. The van der Waals surface area contributed by atoms with Crippen molar-refractivity contribution in [3.8, 4) is 44.9 Å². The third-order valence-electron chi connectivity index (χ3n) is 11.1. The SMILES string of the molecule is O=C1CC2c3ccccc3C1c1c2c(-c2oc3ccccc3c2-c2ccccc2)c2ccccc2c1-c1oc2ccccc2c1-c1ccccc1. The molecule has 0 saturated heterocycles. The van der Waals surface area contributed by atoms with Gasteiger partial charge in [0.25, 0.3) is 0 Å². The van der Waals surface area contributed by atoms with E-state index in [9.17, 15) is 4.79 Å². The molecule has 51 heavy (non-hydrogen) atoms. The molecule has 9 aromatic rings. The lowest BCUT2D eigenvalue weighted by Crippen LogP contribution is -2.33. The second-order valence-corrected chi connectivity index (χ2v) is 13.7. The summed E-state index contributed by atoms with van der Waals surface area (Å²) in [5.74, 6) is 1.33. The zero-order valence-corrected chi connectivity index (χ0v) is 27.6. The minimum Gasteiger partial charge on any atom is -0.455 e. The fraction of sp³-hybridized carbons (Fsp3) is 0.0625. The molecular formula is C48H30O3. The van der Waals surface area contributed by atoms with Crippen LogP contribution in [0.2, 0.25) is 0 Å². The van der Waals surface area contributed by atoms with Crippen molar-refractivity contribution in [2.45, 2.75) is 18.3 Å². The van der Waals surface area contributed by atoms with Crippen molar-refractivity contribution < 1.29 is 13.6 Å². The molecule has 3 aliphatic carbocycles. The van der Waals surface area contributed by atoms with E-state index in [0.717, 1.165) is 88.7 Å². The fourth-order valence-electron chi connectivity index (χ4n) is 9.12. The van der Waals surface area contributed by atoms with Crippen LogP contribution >= 0.6 is 0 Å². The summed E-state index contributed by atoms with van der Waals surface area (Å²) in [5, 5.41) is 4.25. The van der Waals surface area contributed by atoms with Crippen molar-refractivity contribution in [2.75, 3.05) is 0 Å². The minimum absolute atomic E-state index is 0.131. The van der Waals surface area contributed by atoms with Gasteiger partial charge in [0, 0.05) is 45.4 Å². The third kappa shape index (κ3) is 3.97. The summed E-state index contributed by atoms with van der Waals surface area (Å²) >= 11 is 0. The highest BCUT2D eigenvalue weighted by atomic mass is 16.3. The number of hydrogen-bond donors (Lipinski definition) is 0. The van der Waals surface area contributed by atoms with Gasteiger partial charge in [-0.25, -0.2) is 0 Å². The van der Waals surface area contributed by atoms with Crippen LogP contribution in [0.25, 0.3) is 77.6 Å². The Kier molecular flexibility index (Phi) is 6.00. The van der Waals surface area contributed by atoms with Crippen molar-refractivity contribution in [1.82, 2.24) is 0 Å². The van der Waals surface area contributed by atoms with Crippen LogP contribution in [0, 0.1) is 0 Å². The molecule has 2 atom stereocenters. The van der Waals surface area contributed by atoms with E-state index in [-0.39, 0.29) is 11.7 Å². The van der Waals surface area contributed by atoms with E-state index in [1.807, 2.05) is 24.3 Å². The van der Waals surface area contributed by atoms with Crippen LogP contribution in [0.5, 0.6) is 0 Å². The van der Waals surface area contributed by atoms with Gasteiger partial charge in [0.05, 0.1) is 5.92 Å². The lowest BCUT2D eigenvalue weighted by molar-refractivity contribution is -0.120. The van der Waals surface area contributed by atoms with E-state index >= 15 is 0 Å². The molecule has 12 rings (SSSR count). The first-order valence-corrected chi connectivity index (χ1v) is 17.6. The number of rotatable bonds is 4. The van der Waals surface area contributed by atoms with Crippen LogP contribution < -0.4 is 0 Å². The van der Waals surface area contributed by atoms with Crippen molar-refractivity contribution >= 4 is 38.5 Å². The second kappa shape index (κ2) is 10.8. The molecule has 3 heteroatoms. The molecule has 3 aliphatic rings. The van der Waals surface area contributed by atoms with Gasteiger partial charge in [-0.05, 0) is 56.3 Å². The molecule has 2 heterocycles. The molecule has 0 spiro atoms. The van der Waals surface area contributed by atoms with Crippen LogP contribution in [0.1, 0.15) is 40.5 Å². The van der Waals surface area contributed by atoms with Gasteiger partial charge in [-0.2, -0.15) is 0 Å². The van der Waals surface area contributed by atoms with E-state index in [4.69, 9.17) is 8.83 Å². The first kappa shape index (κ1) is 28.4. The number of carbonyl (C=O) groups excluding carboxylic acids is 1. The Labute approximate surface area is 294 Å². The summed E-state index contributed by atoms with van der Waals surface area (Å²) < 4.78 is 14.0. The number of ketones is 1. The van der Waals surface area contributed by atoms with Crippen LogP contribution in [-0.2, 0) is 4.79 Å². The van der Waals surface area contributed by atoms with Crippen molar-refractivity contribution in [1.29, 1.82) is 0 Å². The smallest absolute Gasteiger partial charge is 0.145 e. The highest BCUT2D eigenvalue weighted by molar-refractivity contribution is 6.17. The normalized spacial score (nSPS) is 16.2. The van der Waals surface area contributed by atoms with Gasteiger partial charge in [0.15, 0.2) is 0 Å². The van der Waals surface area contributed by atoms with Crippen molar-refractivity contribution in [3.63, 3.8) is 0 Å². The monoisotopic (exact) mass is 654 g/mol. The second-order valence-electron chi connectivity index (χ2n) is 13.7. The lowest BCUT2D eigenvalue weighted by atomic mass is 9.60. The Morgan fingerprint density at radius 2 is 0.843 bits per heavy atom. The van der Waals surface area contributed by atoms with Crippen LogP contribution in [0.4, 0.5) is 0 Å². The summed E-state index contributed by atoms with van der Waals surface area (Å²) in [7, 11) is 0. The maximum Gasteiger partial charge on any atom is 0.145 e. The van der Waals surface area contributed by atoms with E-state index < -0.39 is 5.92 Å². The number of hydrogen-bond acceptors (Lipinski definition) is 3. The molecule has 240 valence electrons. The first-order chi connectivity index (χ1) is 25.3. The molecule has 3 nitrogen and oxygen atoms in total. The Hall–Kier alpha value is -6.45. The number of fused-ring (bicyclic) bond motifs is 4. The van der Waals surface area contributed by atoms with Gasteiger partial charge in [-0.1, -0.05) is 146 Å². The molecule has 7 aromatic carbocycles. The molecule has 0 N–H and O–H groups in total. The van der Waals surface area contributed by atoms with E-state index in [0.29, 0.717) is 6.42 Å². The van der Waals surface area contributed by atoms with E-state index in [2.05, 4.69) is 133 Å². The summed E-state index contributed by atoms with van der Waals surface area (Å²) in [6, 6.07) is 54.8. The van der Waals surface area contributed by atoms with Crippen LogP contribution in [-0.4, -0.2) is 5.78 Å². The first-order valence-electron chi connectivity index (χ1n) is 17.6. The Balaban J connectivity index is 1.35. The number of carbonyl (C=O) groups is 1. The molecule has 0 saturated carbocycles. The Morgan fingerprint density at radius 1 is 0.412 bits per heavy atom. The quantitative estimate of drug-likeness (QED) is 0.190. The predicted octanol–water partition coefficient (Wildman–Crippen LogP) is 12.6. The number of furan rings is 2. The highest BCUT2D eigenvalue weighted by Crippen LogP contribution is 2.61. The molecule has 2 unspecified atom stereocenters. The molecular weight excluding hydrogens is 625 g/mol. The predicted molar refractivity (Wildman–Crippen MR) is 205 cm³/mol. The van der Waals surface area contributed by atoms with Gasteiger partial charge in [-0.15, -0.1) is 0 Å². The maximum atomic E-state index is 14.5.